The molecular weight excluding hydrogens is 410 g/mol. The number of Topliss-reactive ketones (excluding diaryl/α,β-unsaturated/α-hetero) is 2. The first-order valence-corrected chi connectivity index (χ1v) is 10.9. The molecule has 0 aromatic heterocycles. The van der Waals surface area contributed by atoms with Crippen molar-refractivity contribution in [3.8, 4) is 5.75 Å². The largest absolute Gasteiger partial charge is 0.508 e. The molecule has 2 fully saturated rings. The Hall–Kier alpha value is -3.06. The van der Waals surface area contributed by atoms with Crippen molar-refractivity contribution in [2.45, 2.75) is 39.5 Å². The molecule has 1 saturated heterocycles. The van der Waals surface area contributed by atoms with E-state index in [2.05, 4.69) is 0 Å². The SMILES string of the molecule is CC1=C(C)C(=O)[C@@]2(C)[C@@H](c3ccc(O)cc3)C3=CC[C@@H]4C(=O)N(O)C(=O)[C@@H]4[C@@H]3C[C@H]2C1=O. The number of hydrogen-bond acceptors (Lipinski definition) is 6. The average Bonchev–Trinajstić information content (AvgIpc) is 3.00. The lowest BCUT2D eigenvalue weighted by Crippen LogP contribution is -2.55. The number of nitrogens with zero attached hydrogens (tertiary/aromatic N) is 1. The first-order chi connectivity index (χ1) is 15.1. The summed E-state index contributed by atoms with van der Waals surface area (Å²) >= 11 is 0. The molecule has 1 aromatic rings. The molecule has 166 valence electrons. The number of rotatable bonds is 1. The van der Waals surface area contributed by atoms with E-state index in [0.717, 1.165) is 11.1 Å². The van der Waals surface area contributed by atoms with Crippen molar-refractivity contribution in [1.29, 1.82) is 0 Å². The maximum Gasteiger partial charge on any atom is 0.257 e. The molecule has 1 heterocycles. The zero-order valence-electron chi connectivity index (χ0n) is 18.2. The van der Waals surface area contributed by atoms with Gasteiger partial charge in [0.2, 0.25) is 0 Å². The topological polar surface area (TPSA) is 112 Å². The third-order valence-corrected chi connectivity index (χ3v) is 8.37. The van der Waals surface area contributed by atoms with E-state index >= 15 is 0 Å². The monoisotopic (exact) mass is 435 g/mol. The number of carbonyl (C=O) groups excluding carboxylic acids is 4. The second kappa shape index (κ2) is 6.72. The number of amides is 2. The molecule has 0 radical (unpaired) electrons. The van der Waals surface area contributed by atoms with Crippen LogP contribution in [0.4, 0.5) is 0 Å². The number of imide groups is 1. The molecule has 6 atom stereocenters. The van der Waals surface area contributed by atoms with E-state index in [9.17, 15) is 29.5 Å². The van der Waals surface area contributed by atoms with Crippen LogP contribution in [0.25, 0.3) is 0 Å². The maximum atomic E-state index is 13.7. The Kier molecular flexibility index (Phi) is 4.37. The highest BCUT2D eigenvalue weighted by molar-refractivity contribution is 6.16. The lowest BCUT2D eigenvalue weighted by Gasteiger charge is -2.54. The van der Waals surface area contributed by atoms with E-state index in [1.54, 1.807) is 38.1 Å². The van der Waals surface area contributed by atoms with E-state index in [0.29, 0.717) is 17.6 Å². The molecule has 1 aliphatic heterocycles. The molecule has 7 nitrogen and oxygen atoms in total. The Balaban J connectivity index is 1.73. The summed E-state index contributed by atoms with van der Waals surface area (Å²) in [6, 6.07) is 6.59. The Bertz CT molecular complexity index is 1150. The number of hydroxylamine groups is 2. The summed E-state index contributed by atoms with van der Waals surface area (Å²) < 4.78 is 0. The van der Waals surface area contributed by atoms with E-state index < -0.39 is 46.8 Å². The number of ketones is 2. The summed E-state index contributed by atoms with van der Waals surface area (Å²) in [6.45, 7) is 5.18. The third kappa shape index (κ3) is 2.45. The van der Waals surface area contributed by atoms with Crippen molar-refractivity contribution in [3.63, 3.8) is 0 Å². The minimum absolute atomic E-state index is 0.0863. The van der Waals surface area contributed by atoms with Gasteiger partial charge in [-0.1, -0.05) is 30.7 Å². The summed E-state index contributed by atoms with van der Waals surface area (Å²) in [5.41, 5.74) is 1.49. The molecule has 0 spiro atoms. The minimum atomic E-state index is -1.04. The van der Waals surface area contributed by atoms with Crippen LogP contribution in [-0.4, -0.2) is 38.8 Å². The van der Waals surface area contributed by atoms with Crippen LogP contribution in [0.1, 0.15) is 45.1 Å². The highest BCUT2D eigenvalue weighted by Crippen LogP contribution is 2.62. The zero-order chi connectivity index (χ0) is 23.1. The molecule has 0 unspecified atom stereocenters. The van der Waals surface area contributed by atoms with E-state index in [4.69, 9.17) is 0 Å². The van der Waals surface area contributed by atoms with Crippen molar-refractivity contribution in [1.82, 2.24) is 5.06 Å². The lowest BCUT2D eigenvalue weighted by atomic mass is 9.46. The molecule has 0 bridgehead atoms. The fourth-order valence-corrected chi connectivity index (χ4v) is 6.61. The Morgan fingerprint density at radius 1 is 0.969 bits per heavy atom. The van der Waals surface area contributed by atoms with Gasteiger partial charge >= 0.3 is 0 Å². The van der Waals surface area contributed by atoms with Gasteiger partial charge in [-0.25, -0.2) is 0 Å². The number of benzene rings is 1. The highest BCUT2D eigenvalue weighted by atomic mass is 16.5. The number of hydrogen-bond donors (Lipinski definition) is 2. The number of allylic oxidation sites excluding steroid dienone is 4. The highest BCUT2D eigenvalue weighted by Gasteiger charge is 2.63. The summed E-state index contributed by atoms with van der Waals surface area (Å²) in [5, 5.41) is 20.0. The van der Waals surface area contributed by atoms with Gasteiger partial charge in [0, 0.05) is 11.8 Å². The van der Waals surface area contributed by atoms with Gasteiger partial charge in [0.05, 0.1) is 17.3 Å². The van der Waals surface area contributed by atoms with E-state index in [1.165, 1.54) is 0 Å². The number of aromatic hydroxyl groups is 1. The fourth-order valence-electron chi connectivity index (χ4n) is 6.61. The van der Waals surface area contributed by atoms with Gasteiger partial charge < -0.3 is 5.11 Å². The zero-order valence-corrected chi connectivity index (χ0v) is 18.2. The second-order valence-corrected chi connectivity index (χ2v) is 9.71. The number of fused-ring (bicyclic) bond motifs is 4. The van der Waals surface area contributed by atoms with E-state index in [1.807, 2.05) is 13.0 Å². The summed E-state index contributed by atoms with van der Waals surface area (Å²) in [5.74, 6) is -4.30. The van der Waals surface area contributed by atoms with Crippen LogP contribution in [0.2, 0.25) is 0 Å². The van der Waals surface area contributed by atoms with Crippen LogP contribution in [-0.2, 0) is 19.2 Å². The van der Waals surface area contributed by atoms with Crippen molar-refractivity contribution >= 4 is 23.4 Å². The molecule has 32 heavy (non-hydrogen) atoms. The molecule has 2 amide bonds. The predicted octanol–water partition coefficient (Wildman–Crippen LogP) is 2.93. The fraction of sp³-hybridized carbons (Fsp3) is 0.440. The number of carbonyl (C=O) groups is 4. The molecule has 3 aliphatic carbocycles. The van der Waals surface area contributed by atoms with Gasteiger partial charge in [0.25, 0.3) is 11.8 Å². The molecule has 7 heteroatoms. The van der Waals surface area contributed by atoms with Crippen LogP contribution in [0.15, 0.2) is 47.1 Å². The first kappa shape index (κ1) is 20.8. The summed E-state index contributed by atoms with van der Waals surface area (Å²) in [4.78, 5) is 52.4. The minimum Gasteiger partial charge on any atom is -0.508 e. The molecule has 4 aliphatic rings. The van der Waals surface area contributed by atoms with Crippen LogP contribution < -0.4 is 0 Å². The molecule has 5 rings (SSSR count). The summed E-state index contributed by atoms with van der Waals surface area (Å²) in [7, 11) is 0. The number of phenols is 1. The van der Waals surface area contributed by atoms with Gasteiger partial charge in [-0.15, -0.1) is 0 Å². The van der Waals surface area contributed by atoms with Crippen molar-refractivity contribution in [2.75, 3.05) is 0 Å². The maximum absolute atomic E-state index is 13.7. The Morgan fingerprint density at radius 3 is 2.28 bits per heavy atom. The number of phenolic OH excluding ortho intramolecular Hbond substituents is 1. The van der Waals surface area contributed by atoms with Crippen LogP contribution >= 0.6 is 0 Å². The Labute approximate surface area is 185 Å². The smallest absolute Gasteiger partial charge is 0.257 e. The van der Waals surface area contributed by atoms with Gasteiger partial charge in [-0.3, -0.25) is 24.4 Å². The quantitative estimate of drug-likeness (QED) is 0.399. The van der Waals surface area contributed by atoms with Crippen LogP contribution in [0.5, 0.6) is 5.75 Å². The normalized spacial score (nSPS) is 36.7. The first-order valence-electron chi connectivity index (χ1n) is 10.9. The van der Waals surface area contributed by atoms with Crippen LogP contribution in [0, 0.1) is 29.1 Å². The second-order valence-electron chi connectivity index (χ2n) is 9.71. The average molecular weight is 435 g/mol. The molecular formula is C25H25NO6. The van der Waals surface area contributed by atoms with Gasteiger partial charge in [0.1, 0.15) is 5.75 Å². The van der Waals surface area contributed by atoms with E-state index in [-0.39, 0.29) is 28.8 Å². The van der Waals surface area contributed by atoms with Crippen molar-refractivity contribution < 1.29 is 29.5 Å². The van der Waals surface area contributed by atoms with Gasteiger partial charge in [-0.2, -0.15) is 5.06 Å². The summed E-state index contributed by atoms with van der Waals surface area (Å²) in [6.07, 6.45) is 2.50. The third-order valence-electron chi connectivity index (χ3n) is 8.37. The lowest BCUT2D eigenvalue weighted by molar-refractivity contribution is -0.173. The standard InChI is InChI=1S/C25H25NO6/c1-11-12(2)22(29)25(3)18(21(11)28)10-17-15(20(25)13-4-6-14(27)7-5-13)8-9-16-19(17)24(31)26(32)23(16)30/h4-8,16-20,27,32H,9-10H2,1-3H3/t16-,17+,18-,19-,20-,25+/m0/s1. The molecule has 1 saturated carbocycles. The molecule has 2 N–H and O–H groups in total. The van der Waals surface area contributed by atoms with Crippen molar-refractivity contribution in [2.24, 2.45) is 29.1 Å². The molecule has 1 aromatic carbocycles. The van der Waals surface area contributed by atoms with Gasteiger partial charge in [-0.05, 0) is 61.4 Å². The van der Waals surface area contributed by atoms with Crippen LogP contribution in [0.3, 0.4) is 0 Å². The Morgan fingerprint density at radius 2 is 1.62 bits per heavy atom. The van der Waals surface area contributed by atoms with Gasteiger partial charge in [0.15, 0.2) is 11.6 Å². The predicted molar refractivity (Wildman–Crippen MR) is 112 cm³/mol. The van der Waals surface area contributed by atoms with Crippen molar-refractivity contribution in [3.05, 3.63) is 52.6 Å².